The smallest absolute Gasteiger partial charge is 0.406 e. The third-order valence-corrected chi connectivity index (χ3v) is 4.25. The molecule has 1 fully saturated rings. The second-order valence-electron chi connectivity index (χ2n) is 4.33. The van der Waals surface area contributed by atoms with E-state index in [1.807, 2.05) is 0 Å². The first kappa shape index (κ1) is 15.1. The highest BCUT2D eigenvalue weighted by Crippen LogP contribution is 2.25. The zero-order valence-electron chi connectivity index (χ0n) is 10.3. The Labute approximate surface area is 114 Å². The normalized spacial score (nSPS) is 20.1. The Hall–Kier alpha value is -1.32. The minimum absolute atomic E-state index is 0.257. The lowest BCUT2D eigenvalue weighted by Crippen LogP contribution is -2.36. The number of hydrogen-bond acceptors (Lipinski definition) is 4. The lowest BCUT2D eigenvalue weighted by atomic mass is 10.3. The summed E-state index contributed by atoms with van der Waals surface area (Å²) in [5.41, 5.74) is 0. The van der Waals surface area contributed by atoms with Crippen LogP contribution >= 0.6 is 0 Å². The summed E-state index contributed by atoms with van der Waals surface area (Å²) in [5.74, 6) is -0.565. The second-order valence-corrected chi connectivity index (χ2v) is 6.05. The Morgan fingerprint density at radius 1 is 1.35 bits per heavy atom. The van der Waals surface area contributed by atoms with E-state index >= 15 is 0 Å². The minimum Gasteiger partial charge on any atom is -0.406 e. The highest BCUT2D eigenvalue weighted by molar-refractivity contribution is 7.89. The number of sulfonamides is 1. The Morgan fingerprint density at radius 3 is 2.70 bits per heavy atom. The lowest BCUT2D eigenvalue weighted by molar-refractivity contribution is -0.274. The fraction of sp³-hybridized carbons (Fsp3) is 0.455. The molecule has 0 aliphatic carbocycles. The average molecular weight is 310 g/mol. The maximum absolute atomic E-state index is 12.1. The van der Waals surface area contributed by atoms with Gasteiger partial charge in [0, 0.05) is 18.7 Å². The molecule has 2 N–H and O–H groups in total. The first-order chi connectivity index (χ1) is 9.26. The zero-order valence-corrected chi connectivity index (χ0v) is 11.1. The molecule has 0 unspecified atom stereocenters. The summed E-state index contributed by atoms with van der Waals surface area (Å²) in [6.45, 7) is 1.20. The van der Waals surface area contributed by atoms with Gasteiger partial charge in [0.1, 0.15) is 5.75 Å². The molecule has 0 spiro atoms. The van der Waals surface area contributed by atoms with Crippen LogP contribution in [-0.4, -0.2) is 33.9 Å². The Morgan fingerprint density at radius 2 is 2.10 bits per heavy atom. The van der Waals surface area contributed by atoms with E-state index in [9.17, 15) is 21.6 Å². The van der Waals surface area contributed by atoms with Crippen LogP contribution in [0, 0.1) is 0 Å². The van der Waals surface area contributed by atoms with Crippen molar-refractivity contribution < 1.29 is 26.3 Å². The van der Waals surface area contributed by atoms with Crippen LogP contribution in [0.1, 0.15) is 6.42 Å². The molecule has 1 saturated heterocycles. The lowest BCUT2D eigenvalue weighted by Gasteiger charge is -2.13. The van der Waals surface area contributed by atoms with Gasteiger partial charge in [-0.05, 0) is 25.1 Å². The van der Waals surface area contributed by atoms with Gasteiger partial charge < -0.3 is 10.1 Å². The molecule has 0 bridgehead atoms. The van der Waals surface area contributed by atoms with Gasteiger partial charge in [-0.2, -0.15) is 0 Å². The quantitative estimate of drug-likeness (QED) is 0.878. The predicted octanol–water partition coefficient (Wildman–Crippen LogP) is 1.23. The van der Waals surface area contributed by atoms with Gasteiger partial charge in [0.05, 0.1) is 4.90 Å². The van der Waals surface area contributed by atoms with Crippen molar-refractivity contribution >= 4 is 10.0 Å². The van der Waals surface area contributed by atoms with Crippen molar-refractivity contribution in [1.82, 2.24) is 10.0 Å². The number of hydrogen-bond donors (Lipinski definition) is 2. The van der Waals surface area contributed by atoms with Gasteiger partial charge in [-0.3, -0.25) is 0 Å². The second kappa shape index (κ2) is 5.58. The van der Waals surface area contributed by atoms with Crippen molar-refractivity contribution in [3.05, 3.63) is 24.3 Å². The van der Waals surface area contributed by atoms with Crippen LogP contribution in [0.25, 0.3) is 0 Å². The molecular weight excluding hydrogens is 297 g/mol. The first-order valence-electron chi connectivity index (χ1n) is 5.85. The molecular formula is C11H13F3N2O3S. The van der Waals surface area contributed by atoms with E-state index in [2.05, 4.69) is 14.8 Å². The molecule has 1 aliphatic rings. The SMILES string of the molecule is O=S(=O)(N[C@H]1CCNC1)c1cccc(OC(F)(F)F)c1. The number of ether oxygens (including phenoxy) is 1. The minimum atomic E-state index is -4.86. The van der Waals surface area contributed by atoms with Crippen molar-refractivity contribution in [2.45, 2.75) is 23.7 Å². The van der Waals surface area contributed by atoms with Crippen molar-refractivity contribution in [3.8, 4) is 5.75 Å². The molecule has 5 nitrogen and oxygen atoms in total. The van der Waals surface area contributed by atoms with Crippen molar-refractivity contribution in [3.63, 3.8) is 0 Å². The van der Waals surface area contributed by atoms with E-state index in [0.29, 0.717) is 19.5 Å². The molecule has 112 valence electrons. The summed E-state index contributed by atoms with van der Waals surface area (Å²) in [4.78, 5) is -0.258. The van der Waals surface area contributed by atoms with E-state index < -0.39 is 22.1 Å². The van der Waals surface area contributed by atoms with Crippen LogP contribution < -0.4 is 14.8 Å². The fourth-order valence-corrected chi connectivity index (χ4v) is 3.19. The first-order valence-corrected chi connectivity index (χ1v) is 7.33. The van der Waals surface area contributed by atoms with Crippen molar-refractivity contribution in [2.75, 3.05) is 13.1 Å². The van der Waals surface area contributed by atoms with E-state index in [-0.39, 0.29) is 10.9 Å². The van der Waals surface area contributed by atoms with Gasteiger partial charge in [-0.25, -0.2) is 13.1 Å². The fourth-order valence-electron chi connectivity index (χ4n) is 1.88. The molecule has 1 heterocycles. The topological polar surface area (TPSA) is 67.4 Å². The molecule has 20 heavy (non-hydrogen) atoms. The number of alkyl halides is 3. The summed E-state index contributed by atoms with van der Waals surface area (Å²) in [6, 6.07) is 4.05. The number of benzene rings is 1. The summed E-state index contributed by atoms with van der Waals surface area (Å²) in [6.07, 6.45) is -4.22. The Kier molecular flexibility index (Phi) is 4.21. The number of rotatable bonds is 4. The van der Waals surface area contributed by atoms with Gasteiger partial charge in [0.25, 0.3) is 0 Å². The molecule has 0 radical (unpaired) electrons. The van der Waals surface area contributed by atoms with Gasteiger partial charge in [-0.1, -0.05) is 6.07 Å². The predicted molar refractivity (Wildman–Crippen MR) is 64.7 cm³/mol. The molecule has 1 atom stereocenters. The standard InChI is InChI=1S/C11H13F3N2O3S/c12-11(13,14)19-9-2-1-3-10(6-9)20(17,18)16-8-4-5-15-7-8/h1-3,6,8,15-16H,4-5,7H2/t8-/m0/s1. The third kappa shape index (κ3) is 4.09. The molecule has 0 amide bonds. The van der Waals surface area contributed by atoms with Crippen LogP contribution in [-0.2, 0) is 10.0 Å². The van der Waals surface area contributed by atoms with Gasteiger partial charge >= 0.3 is 6.36 Å². The average Bonchev–Trinajstić information content (AvgIpc) is 2.79. The number of nitrogens with one attached hydrogen (secondary N) is 2. The molecule has 1 aliphatic heterocycles. The highest BCUT2D eigenvalue weighted by Gasteiger charge is 2.31. The molecule has 0 saturated carbocycles. The van der Waals surface area contributed by atoms with Gasteiger partial charge in [0.15, 0.2) is 0 Å². The number of halogens is 3. The van der Waals surface area contributed by atoms with Crippen LogP contribution in [0.2, 0.25) is 0 Å². The van der Waals surface area contributed by atoms with Crippen LogP contribution in [0.15, 0.2) is 29.2 Å². The summed E-state index contributed by atoms with van der Waals surface area (Å²) < 4.78 is 66.5. The summed E-state index contributed by atoms with van der Waals surface area (Å²) in [7, 11) is -3.86. The van der Waals surface area contributed by atoms with Gasteiger partial charge in [0.2, 0.25) is 10.0 Å². The van der Waals surface area contributed by atoms with Gasteiger partial charge in [-0.15, -0.1) is 13.2 Å². The Balaban J connectivity index is 2.16. The van der Waals surface area contributed by atoms with Crippen molar-refractivity contribution in [1.29, 1.82) is 0 Å². The maximum atomic E-state index is 12.1. The van der Waals surface area contributed by atoms with E-state index in [0.717, 1.165) is 12.1 Å². The highest BCUT2D eigenvalue weighted by atomic mass is 32.2. The monoisotopic (exact) mass is 310 g/mol. The largest absolute Gasteiger partial charge is 0.573 e. The molecule has 9 heteroatoms. The molecule has 1 aromatic carbocycles. The summed E-state index contributed by atoms with van der Waals surface area (Å²) >= 11 is 0. The third-order valence-electron chi connectivity index (χ3n) is 2.73. The summed E-state index contributed by atoms with van der Waals surface area (Å²) in [5, 5.41) is 2.99. The zero-order chi connectivity index (χ0) is 14.8. The van der Waals surface area contributed by atoms with Crippen LogP contribution in [0.3, 0.4) is 0 Å². The van der Waals surface area contributed by atoms with Crippen LogP contribution in [0.4, 0.5) is 13.2 Å². The van der Waals surface area contributed by atoms with Crippen molar-refractivity contribution in [2.24, 2.45) is 0 Å². The van der Waals surface area contributed by atoms with E-state index in [1.165, 1.54) is 12.1 Å². The van der Waals surface area contributed by atoms with E-state index in [4.69, 9.17) is 0 Å². The van der Waals surface area contributed by atoms with E-state index in [1.54, 1.807) is 0 Å². The molecule has 1 aromatic rings. The molecule has 0 aromatic heterocycles. The maximum Gasteiger partial charge on any atom is 0.573 e. The molecule has 2 rings (SSSR count). The van der Waals surface area contributed by atoms with Crippen LogP contribution in [0.5, 0.6) is 5.75 Å². The Bertz CT molecular complexity index is 569.